The van der Waals surface area contributed by atoms with Crippen LogP contribution in [0.25, 0.3) is 0 Å². The number of hydrogen-bond acceptors (Lipinski definition) is 2. The van der Waals surface area contributed by atoms with E-state index in [1.54, 1.807) is 12.1 Å². The Bertz CT molecular complexity index is 966. The molecule has 1 atom stereocenters. The van der Waals surface area contributed by atoms with Crippen LogP contribution in [0.5, 0.6) is 0 Å². The molecular weight excluding hydrogens is 322 g/mol. The molecule has 0 saturated heterocycles. The quantitative estimate of drug-likeness (QED) is 0.737. The number of hydrogen-bond donors (Lipinski definition) is 1. The average Bonchev–Trinajstić information content (AvgIpc) is 2.92. The molecule has 0 aliphatic rings. The molecule has 4 heteroatoms. The van der Waals surface area contributed by atoms with E-state index in [1.807, 2.05) is 66.9 Å². The highest BCUT2D eigenvalue weighted by atomic mass is 16.1. The van der Waals surface area contributed by atoms with Crippen molar-refractivity contribution in [2.75, 3.05) is 5.32 Å². The van der Waals surface area contributed by atoms with E-state index in [0.29, 0.717) is 16.9 Å². The molecule has 2 aromatic carbocycles. The Morgan fingerprint density at radius 1 is 1.04 bits per heavy atom. The summed E-state index contributed by atoms with van der Waals surface area (Å²) in [5, 5.41) is 12.6. The summed E-state index contributed by atoms with van der Waals surface area (Å²) >= 11 is 0. The van der Waals surface area contributed by atoms with Crippen LogP contribution in [-0.2, 0) is 0 Å². The molecule has 1 heterocycles. The van der Waals surface area contributed by atoms with Gasteiger partial charge in [-0.1, -0.05) is 48.5 Å². The summed E-state index contributed by atoms with van der Waals surface area (Å²) in [5.41, 5.74) is 4.05. The van der Waals surface area contributed by atoms with E-state index in [0.717, 1.165) is 16.8 Å². The van der Waals surface area contributed by atoms with Gasteiger partial charge in [-0.15, -0.1) is 0 Å². The van der Waals surface area contributed by atoms with Gasteiger partial charge < -0.3 is 9.88 Å². The molecule has 0 aliphatic carbocycles. The third-order valence-electron chi connectivity index (χ3n) is 4.81. The molecule has 4 nitrogen and oxygen atoms in total. The van der Waals surface area contributed by atoms with E-state index in [4.69, 9.17) is 0 Å². The van der Waals surface area contributed by atoms with Crippen LogP contribution in [0.15, 0.2) is 60.7 Å². The third kappa shape index (κ3) is 3.12. The van der Waals surface area contributed by atoms with Crippen LogP contribution in [0.4, 0.5) is 5.82 Å². The molecule has 3 rings (SSSR count). The second-order valence-electron chi connectivity index (χ2n) is 6.32. The van der Waals surface area contributed by atoms with Gasteiger partial charge in [-0.05, 0) is 44.0 Å². The molecule has 0 aliphatic heterocycles. The number of carbonyl (C=O) groups is 1. The lowest BCUT2D eigenvalue weighted by Gasteiger charge is -2.20. The predicted octanol–water partition coefficient (Wildman–Crippen LogP) is 4.84. The zero-order valence-corrected chi connectivity index (χ0v) is 15.2. The van der Waals surface area contributed by atoms with E-state index in [1.165, 1.54) is 0 Å². The lowest BCUT2D eigenvalue weighted by atomic mass is 10.1. The van der Waals surface area contributed by atoms with Gasteiger partial charge in [0.05, 0.1) is 11.6 Å². The van der Waals surface area contributed by atoms with Crippen molar-refractivity contribution in [3.05, 3.63) is 88.6 Å². The Hall–Kier alpha value is -3.32. The van der Waals surface area contributed by atoms with Gasteiger partial charge in [0.1, 0.15) is 11.9 Å². The molecule has 0 unspecified atom stereocenters. The molecule has 0 fully saturated rings. The van der Waals surface area contributed by atoms with E-state index in [-0.39, 0.29) is 11.9 Å². The third-order valence-corrected chi connectivity index (χ3v) is 4.81. The Labute approximate surface area is 153 Å². The van der Waals surface area contributed by atoms with Gasteiger partial charge in [0, 0.05) is 11.3 Å². The summed E-state index contributed by atoms with van der Waals surface area (Å²) in [7, 11) is 0. The van der Waals surface area contributed by atoms with Gasteiger partial charge in [-0.3, -0.25) is 4.79 Å². The maximum Gasteiger partial charge on any atom is 0.256 e. The van der Waals surface area contributed by atoms with Gasteiger partial charge in [0.25, 0.3) is 5.91 Å². The number of benzene rings is 2. The van der Waals surface area contributed by atoms with Crippen molar-refractivity contribution in [1.82, 2.24) is 4.57 Å². The van der Waals surface area contributed by atoms with Crippen molar-refractivity contribution in [2.45, 2.75) is 26.8 Å². The summed E-state index contributed by atoms with van der Waals surface area (Å²) < 4.78 is 2.03. The SMILES string of the molecule is Cc1c(C#N)c(NC(=O)c2ccccc2)n([C@H](C)c2ccccc2)c1C. The number of aromatic nitrogens is 1. The van der Waals surface area contributed by atoms with E-state index in [9.17, 15) is 10.1 Å². The Kier molecular flexibility index (Phi) is 4.90. The molecule has 0 bridgehead atoms. The fourth-order valence-electron chi connectivity index (χ4n) is 3.22. The molecule has 26 heavy (non-hydrogen) atoms. The Morgan fingerprint density at radius 3 is 2.19 bits per heavy atom. The average molecular weight is 343 g/mol. The molecule has 0 saturated carbocycles. The zero-order valence-electron chi connectivity index (χ0n) is 15.2. The van der Waals surface area contributed by atoms with Crippen LogP contribution in [0.1, 0.15) is 45.7 Å². The molecule has 3 aromatic rings. The minimum atomic E-state index is -0.221. The first-order valence-corrected chi connectivity index (χ1v) is 8.57. The predicted molar refractivity (Wildman–Crippen MR) is 103 cm³/mol. The van der Waals surface area contributed by atoms with Gasteiger partial charge in [0.15, 0.2) is 0 Å². The van der Waals surface area contributed by atoms with Crippen molar-refractivity contribution in [3.63, 3.8) is 0 Å². The van der Waals surface area contributed by atoms with Gasteiger partial charge >= 0.3 is 0 Å². The number of rotatable bonds is 4. The minimum absolute atomic E-state index is 0.0110. The first kappa shape index (κ1) is 17.5. The second-order valence-corrected chi connectivity index (χ2v) is 6.32. The monoisotopic (exact) mass is 343 g/mol. The summed E-state index contributed by atoms with van der Waals surface area (Å²) in [6.07, 6.45) is 0. The maximum absolute atomic E-state index is 12.7. The molecule has 130 valence electrons. The highest BCUT2D eigenvalue weighted by molar-refractivity contribution is 6.04. The van der Waals surface area contributed by atoms with Crippen LogP contribution in [0, 0.1) is 25.2 Å². The van der Waals surface area contributed by atoms with Gasteiger partial charge in [-0.25, -0.2) is 0 Å². The van der Waals surface area contributed by atoms with Gasteiger partial charge in [-0.2, -0.15) is 5.26 Å². The molecule has 1 amide bonds. The normalized spacial score (nSPS) is 11.6. The van der Waals surface area contributed by atoms with Crippen molar-refractivity contribution >= 4 is 11.7 Å². The minimum Gasteiger partial charge on any atom is -0.323 e. The summed E-state index contributed by atoms with van der Waals surface area (Å²) in [6, 6.07) is 21.3. The lowest BCUT2D eigenvalue weighted by molar-refractivity contribution is 0.102. The standard InChI is InChI=1S/C22H21N3O/c1-15-16(2)25(17(3)18-10-6-4-7-11-18)21(20(15)14-23)24-22(26)19-12-8-5-9-13-19/h4-13,17H,1-3H3,(H,24,26)/t17-/m1/s1. The number of nitriles is 1. The van der Waals surface area contributed by atoms with Crippen molar-refractivity contribution in [2.24, 2.45) is 0 Å². The summed E-state index contributed by atoms with van der Waals surface area (Å²) in [6.45, 7) is 5.97. The zero-order chi connectivity index (χ0) is 18.7. The van der Waals surface area contributed by atoms with Crippen molar-refractivity contribution in [3.8, 4) is 6.07 Å². The Morgan fingerprint density at radius 2 is 1.62 bits per heavy atom. The fourth-order valence-corrected chi connectivity index (χ4v) is 3.22. The van der Waals surface area contributed by atoms with E-state index >= 15 is 0 Å². The number of nitrogens with one attached hydrogen (secondary N) is 1. The van der Waals surface area contributed by atoms with Crippen LogP contribution >= 0.6 is 0 Å². The molecule has 1 aromatic heterocycles. The van der Waals surface area contributed by atoms with Crippen LogP contribution in [-0.4, -0.2) is 10.5 Å². The Balaban J connectivity index is 2.08. The fraction of sp³-hybridized carbons (Fsp3) is 0.182. The van der Waals surface area contributed by atoms with Gasteiger partial charge in [0.2, 0.25) is 0 Å². The molecular formula is C22H21N3O. The van der Waals surface area contributed by atoms with Crippen molar-refractivity contribution < 1.29 is 4.79 Å². The van der Waals surface area contributed by atoms with Crippen LogP contribution in [0.3, 0.4) is 0 Å². The summed E-state index contributed by atoms with van der Waals surface area (Å²) in [5.74, 6) is 0.328. The van der Waals surface area contributed by atoms with E-state index < -0.39 is 0 Å². The maximum atomic E-state index is 12.7. The topological polar surface area (TPSA) is 57.8 Å². The number of amides is 1. The first-order chi connectivity index (χ1) is 12.5. The largest absolute Gasteiger partial charge is 0.323 e. The number of anilines is 1. The molecule has 0 spiro atoms. The molecule has 0 radical (unpaired) electrons. The van der Waals surface area contributed by atoms with Crippen LogP contribution in [0.2, 0.25) is 0 Å². The number of carbonyl (C=O) groups excluding carboxylic acids is 1. The highest BCUT2D eigenvalue weighted by Crippen LogP contribution is 2.32. The summed E-state index contributed by atoms with van der Waals surface area (Å²) in [4.78, 5) is 12.7. The highest BCUT2D eigenvalue weighted by Gasteiger charge is 2.23. The smallest absolute Gasteiger partial charge is 0.256 e. The van der Waals surface area contributed by atoms with Crippen molar-refractivity contribution in [1.29, 1.82) is 5.26 Å². The first-order valence-electron chi connectivity index (χ1n) is 8.57. The van der Waals surface area contributed by atoms with Crippen LogP contribution < -0.4 is 5.32 Å². The van der Waals surface area contributed by atoms with E-state index in [2.05, 4.69) is 18.3 Å². The molecule has 1 N–H and O–H groups in total. The lowest BCUT2D eigenvalue weighted by Crippen LogP contribution is -2.18. The second kappa shape index (κ2) is 7.28. The number of nitrogens with zero attached hydrogens (tertiary/aromatic N) is 2.